The summed E-state index contributed by atoms with van der Waals surface area (Å²) >= 11 is 12.5. The molecule has 0 aromatic heterocycles. The van der Waals surface area contributed by atoms with Crippen LogP contribution in [0.4, 0.5) is 5.69 Å². The largest absolute Gasteiger partial charge is 0.495 e. The minimum atomic E-state index is -4.28. The smallest absolute Gasteiger partial charge is 0.281 e. The van der Waals surface area contributed by atoms with Crippen LogP contribution in [0.3, 0.4) is 0 Å². The van der Waals surface area contributed by atoms with Gasteiger partial charge in [0.25, 0.3) is 15.9 Å². The molecule has 9 heteroatoms. The van der Waals surface area contributed by atoms with Gasteiger partial charge in [0.15, 0.2) is 6.10 Å². The number of hydrogen-bond donors (Lipinski definition) is 0. The third-order valence-corrected chi connectivity index (χ3v) is 7.83. The second kappa shape index (κ2) is 10.3. The Labute approximate surface area is 210 Å². The summed E-state index contributed by atoms with van der Waals surface area (Å²) in [5, 5.41) is 0.761. The molecule has 0 aliphatic heterocycles. The maximum Gasteiger partial charge on any atom is 0.281 e. The van der Waals surface area contributed by atoms with Gasteiger partial charge in [0.05, 0.1) is 22.7 Å². The van der Waals surface area contributed by atoms with Crippen LogP contribution >= 0.6 is 23.2 Å². The Bertz CT molecular complexity index is 1300. The summed E-state index contributed by atoms with van der Waals surface area (Å²) in [6.07, 6.45) is -1.14. The minimum Gasteiger partial charge on any atom is -0.495 e. The summed E-state index contributed by atoms with van der Waals surface area (Å²) in [6, 6.07) is 13.9. The lowest BCUT2D eigenvalue weighted by Gasteiger charge is -2.26. The van der Waals surface area contributed by atoms with Crippen molar-refractivity contribution in [1.29, 1.82) is 0 Å². The summed E-state index contributed by atoms with van der Waals surface area (Å²) < 4.78 is 39.0. The highest BCUT2D eigenvalue weighted by Gasteiger charge is 2.35. The lowest BCUT2D eigenvalue weighted by atomic mass is 10.1. The number of rotatable bonds is 7. The standard InChI is InChI=1S/C25H25Cl2NO5S/c1-15-6-9-21(10-7-15)34(30,31)28(19-8-11-23(32-5)22(26)14-19)25(29)18(4)33-20-12-16(2)24(27)17(3)13-20/h6-14,18H,1-5H3. The van der Waals surface area contributed by atoms with E-state index in [-0.39, 0.29) is 15.6 Å². The van der Waals surface area contributed by atoms with Crippen molar-refractivity contribution in [1.82, 2.24) is 0 Å². The predicted octanol–water partition coefficient (Wildman–Crippen LogP) is 6.12. The lowest BCUT2D eigenvalue weighted by molar-refractivity contribution is -0.123. The number of carbonyl (C=O) groups excluding carboxylic acids is 1. The van der Waals surface area contributed by atoms with Gasteiger partial charge < -0.3 is 9.47 Å². The third kappa shape index (κ3) is 5.32. The van der Waals surface area contributed by atoms with Crippen LogP contribution in [0.15, 0.2) is 59.5 Å². The van der Waals surface area contributed by atoms with Gasteiger partial charge in [-0.25, -0.2) is 8.42 Å². The molecule has 0 saturated heterocycles. The van der Waals surface area contributed by atoms with Crippen LogP contribution in [0.5, 0.6) is 11.5 Å². The molecule has 6 nitrogen and oxygen atoms in total. The number of methoxy groups -OCH3 is 1. The maximum absolute atomic E-state index is 13.6. The first-order valence-corrected chi connectivity index (χ1v) is 12.6. The normalized spacial score (nSPS) is 12.2. The van der Waals surface area contributed by atoms with E-state index in [9.17, 15) is 13.2 Å². The Balaban J connectivity index is 2.06. The van der Waals surface area contributed by atoms with Crippen LogP contribution in [0.25, 0.3) is 0 Å². The molecule has 3 rings (SSSR count). The molecule has 1 atom stereocenters. The molecule has 0 spiro atoms. The van der Waals surface area contributed by atoms with E-state index in [1.165, 1.54) is 44.4 Å². The lowest BCUT2D eigenvalue weighted by Crippen LogP contribution is -2.44. The average molecular weight is 522 g/mol. The predicted molar refractivity (Wildman–Crippen MR) is 135 cm³/mol. The van der Waals surface area contributed by atoms with Gasteiger partial charge in [0.1, 0.15) is 11.5 Å². The fourth-order valence-corrected chi connectivity index (χ4v) is 5.20. The number of carbonyl (C=O) groups is 1. The molecular weight excluding hydrogens is 497 g/mol. The second-order valence-corrected chi connectivity index (χ2v) is 10.4. The van der Waals surface area contributed by atoms with Crippen LogP contribution in [0, 0.1) is 20.8 Å². The minimum absolute atomic E-state index is 0.0382. The van der Waals surface area contributed by atoms with E-state index in [1.54, 1.807) is 24.3 Å². The molecule has 3 aromatic carbocycles. The number of benzene rings is 3. The summed E-state index contributed by atoms with van der Waals surface area (Å²) in [4.78, 5) is 13.5. The van der Waals surface area contributed by atoms with Gasteiger partial charge in [0.2, 0.25) is 0 Å². The SMILES string of the molecule is COc1ccc(N(C(=O)C(C)Oc2cc(C)c(Cl)c(C)c2)S(=O)(=O)c2ccc(C)cc2)cc1Cl. The topological polar surface area (TPSA) is 72.9 Å². The zero-order valence-corrected chi connectivity index (χ0v) is 21.8. The molecule has 0 N–H and O–H groups in total. The molecule has 0 heterocycles. The number of nitrogens with zero attached hydrogens (tertiary/aromatic N) is 1. The Kier molecular flexibility index (Phi) is 7.81. The van der Waals surface area contributed by atoms with Crippen LogP contribution in [-0.4, -0.2) is 27.5 Å². The maximum atomic E-state index is 13.6. The summed E-state index contributed by atoms with van der Waals surface area (Å²) in [6.45, 7) is 6.98. The van der Waals surface area contributed by atoms with Crippen molar-refractivity contribution in [3.05, 3.63) is 81.3 Å². The van der Waals surface area contributed by atoms with Crippen LogP contribution < -0.4 is 13.8 Å². The first-order chi connectivity index (χ1) is 15.9. The van der Waals surface area contributed by atoms with Crippen LogP contribution in [0.1, 0.15) is 23.6 Å². The third-order valence-electron chi connectivity index (χ3n) is 5.20. The quantitative estimate of drug-likeness (QED) is 0.374. The van der Waals surface area contributed by atoms with Gasteiger partial charge in [-0.1, -0.05) is 40.9 Å². The molecule has 1 unspecified atom stereocenters. The van der Waals surface area contributed by atoms with E-state index in [2.05, 4.69) is 0 Å². The molecule has 0 fully saturated rings. The highest BCUT2D eigenvalue weighted by Crippen LogP contribution is 2.33. The summed E-state index contributed by atoms with van der Waals surface area (Å²) in [7, 11) is -2.84. The van der Waals surface area contributed by atoms with Crippen molar-refractivity contribution >= 4 is 44.8 Å². The van der Waals surface area contributed by atoms with Gasteiger partial charge in [-0.3, -0.25) is 4.79 Å². The van der Waals surface area contributed by atoms with Crippen molar-refractivity contribution in [3.8, 4) is 11.5 Å². The number of halogens is 2. The zero-order valence-electron chi connectivity index (χ0n) is 19.4. The van der Waals surface area contributed by atoms with Crippen molar-refractivity contribution in [2.75, 3.05) is 11.4 Å². The number of aryl methyl sites for hydroxylation is 3. The number of anilines is 1. The Hall–Kier alpha value is -2.74. The molecule has 0 saturated carbocycles. The fourth-order valence-electron chi connectivity index (χ4n) is 3.38. The summed E-state index contributed by atoms with van der Waals surface area (Å²) in [5.74, 6) is -0.0327. The molecule has 0 bridgehead atoms. The van der Waals surface area contributed by atoms with Crippen LogP contribution in [0.2, 0.25) is 10.0 Å². The van der Waals surface area contributed by atoms with Gasteiger partial charge in [0, 0.05) is 5.02 Å². The zero-order chi connectivity index (χ0) is 25.2. The number of ether oxygens (including phenoxy) is 2. The van der Waals surface area contributed by atoms with Gasteiger partial charge in [-0.15, -0.1) is 0 Å². The van der Waals surface area contributed by atoms with E-state index in [0.717, 1.165) is 16.7 Å². The number of hydrogen-bond acceptors (Lipinski definition) is 5. The molecule has 34 heavy (non-hydrogen) atoms. The molecule has 0 aliphatic carbocycles. The van der Waals surface area contributed by atoms with Crippen molar-refractivity contribution in [3.63, 3.8) is 0 Å². The molecular formula is C25H25Cl2NO5S. The van der Waals surface area contributed by atoms with Crippen LogP contribution in [-0.2, 0) is 14.8 Å². The first-order valence-electron chi connectivity index (χ1n) is 10.4. The Morgan fingerprint density at radius 2 is 1.53 bits per heavy atom. The van der Waals surface area contributed by atoms with E-state index >= 15 is 0 Å². The second-order valence-electron chi connectivity index (χ2n) is 7.87. The van der Waals surface area contributed by atoms with E-state index in [4.69, 9.17) is 32.7 Å². The Morgan fingerprint density at radius 3 is 2.06 bits per heavy atom. The number of sulfonamides is 1. The fraction of sp³-hybridized carbons (Fsp3) is 0.240. The number of amides is 1. The van der Waals surface area contributed by atoms with Crippen molar-refractivity contribution < 1.29 is 22.7 Å². The van der Waals surface area contributed by atoms with E-state index in [0.29, 0.717) is 20.8 Å². The highest BCUT2D eigenvalue weighted by molar-refractivity contribution is 7.93. The van der Waals surface area contributed by atoms with Crippen molar-refractivity contribution in [2.45, 2.75) is 38.7 Å². The molecule has 0 radical (unpaired) electrons. The molecule has 180 valence electrons. The van der Waals surface area contributed by atoms with E-state index < -0.39 is 22.0 Å². The molecule has 0 aliphatic rings. The van der Waals surface area contributed by atoms with Gasteiger partial charge in [-0.05, 0) is 81.3 Å². The van der Waals surface area contributed by atoms with Crippen molar-refractivity contribution in [2.24, 2.45) is 0 Å². The monoisotopic (exact) mass is 521 g/mol. The summed E-state index contributed by atoms with van der Waals surface area (Å²) in [5.41, 5.74) is 2.51. The van der Waals surface area contributed by atoms with Gasteiger partial charge in [-0.2, -0.15) is 4.31 Å². The highest BCUT2D eigenvalue weighted by atomic mass is 35.5. The van der Waals surface area contributed by atoms with E-state index in [1.807, 2.05) is 20.8 Å². The molecule has 1 amide bonds. The first kappa shape index (κ1) is 25.9. The Morgan fingerprint density at radius 1 is 0.941 bits per heavy atom. The average Bonchev–Trinajstić information content (AvgIpc) is 2.77. The molecule has 3 aromatic rings. The van der Waals surface area contributed by atoms with Gasteiger partial charge >= 0.3 is 0 Å².